The molecular formula is C5H9O2. The third-order valence-corrected chi connectivity index (χ3v) is 1.24. The van der Waals surface area contributed by atoms with Crippen molar-refractivity contribution in [1.29, 1.82) is 0 Å². The minimum atomic E-state index is -0.583. The van der Waals surface area contributed by atoms with Gasteiger partial charge in [-0.15, -0.1) is 0 Å². The van der Waals surface area contributed by atoms with Gasteiger partial charge >= 0.3 is 0 Å². The zero-order chi connectivity index (χ0) is 5.33. The Labute approximate surface area is 43.1 Å². The van der Waals surface area contributed by atoms with E-state index in [2.05, 4.69) is 0 Å². The summed E-state index contributed by atoms with van der Waals surface area (Å²) < 4.78 is 4.75. The van der Waals surface area contributed by atoms with Crippen LogP contribution >= 0.6 is 0 Å². The van der Waals surface area contributed by atoms with E-state index in [1.807, 2.05) is 6.92 Å². The fraction of sp³-hybridized carbons (Fsp3) is 0.800. The summed E-state index contributed by atoms with van der Waals surface area (Å²) in [6.45, 7) is 2.79. The largest absolute Gasteiger partial charge is 0.385 e. The summed E-state index contributed by atoms with van der Waals surface area (Å²) >= 11 is 0. The number of hydrogen-bond acceptors (Lipinski definition) is 2. The quantitative estimate of drug-likeness (QED) is 0.502. The van der Waals surface area contributed by atoms with Crippen LogP contribution in [0.4, 0.5) is 0 Å². The molecule has 2 nitrogen and oxygen atoms in total. The van der Waals surface area contributed by atoms with Crippen LogP contribution in [0.1, 0.15) is 6.92 Å². The van der Waals surface area contributed by atoms with Gasteiger partial charge < -0.3 is 9.84 Å². The van der Waals surface area contributed by atoms with E-state index in [-0.39, 0.29) is 0 Å². The van der Waals surface area contributed by atoms with Crippen LogP contribution in [0.3, 0.4) is 0 Å². The molecule has 0 amide bonds. The summed E-state index contributed by atoms with van der Waals surface area (Å²) in [7, 11) is 0. The van der Waals surface area contributed by atoms with Gasteiger partial charge in [0.25, 0.3) is 0 Å². The van der Waals surface area contributed by atoms with Crippen molar-refractivity contribution in [3.05, 3.63) is 6.42 Å². The molecule has 1 saturated heterocycles. The lowest BCUT2D eigenvalue weighted by Gasteiger charge is -2.34. The molecule has 0 aromatic rings. The standard InChI is InChI=1S/C5H9O2/c1-2-5(6)3-7-4-5/h2,6H,3-4H2,1H3. The van der Waals surface area contributed by atoms with Gasteiger partial charge in [0.1, 0.15) is 5.60 Å². The van der Waals surface area contributed by atoms with E-state index >= 15 is 0 Å². The van der Waals surface area contributed by atoms with Gasteiger partial charge in [-0.1, -0.05) is 6.92 Å². The van der Waals surface area contributed by atoms with Crippen molar-refractivity contribution in [2.45, 2.75) is 12.5 Å². The monoisotopic (exact) mass is 101 g/mol. The molecule has 41 valence electrons. The number of hydrogen-bond donors (Lipinski definition) is 1. The predicted octanol–water partition coefficient (Wildman–Crippen LogP) is -0.0281. The molecule has 0 bridgehead atoms. The molecule has 0 aromatic carbocycles. The van der Waals surface area contributed by atoms with E-state index in [1.54, 1.807) is 6.42 Å². The first kappa shape index (κ1) is 5.06. The number of ether oxygens (including phenoxy) is 1. The Kier molecular flexibility index (Phi) is 1.05. The lowest BCUT2D eigenvalue weighted by molar-refractivity contribution is -0.156. The van der Waals surface area contributed by atoms with Gasteiger partial charge in [-0.2, -0.15) is 0 Å². The lowest BCUT2D eigenvalue weighted by Crippen LogP contribution is -2.49. The molecule has 1 heterocycles. The summed E-state index contributed by atoms with van der Waals surface area (Å²) in [5, 5.41) is 9.04. The van der Waals surface area contributed by atoms with Gasteiger partial charge in [-0.25, -0.2) is 0 Å². The normalized spacial score (nSPS) is 26.6. The maximum atomic E-state index is 9.04. The van der Waals surface area contributed by atoms with E-state index in [0.717, 1.165) is 0 Å². The highest BCUT2D eigenvalue weighted by molar-refractivity contribution is 4.95. The molecule has 1 N–H and O–H groups in total. The average Bonchev–Trinajstić information content (AvgIpc) is 1.61. The summed E-state index contributed by atoms with van der Waals surface area (Å²) in [6.07, 6.45) is 1.76. The highest BCUT2D eigenvalue weighted by Crippen LogP contribution is 2.18. The summed E-state index contributed by atoms with van der Waals surface area (Å²) in [5.41, 5.74) is -0.583. The van der Waals surface area contributed by atoms with E-state index < -0.39 is 5.60 Å². The molecule has 0 saturated carbocycles. The zero-order valence-corrected chi connectivity index (χ0v) is 4.35. The first-order valence-electron chi connectivity index (χ1n) is 2.37. The predicted molar refractivity (Wildman–Crippen MR) is 25.7 cm³/mol. The van der Waals surface area contributed by atoms with Crippen LogP contribution in [0.2, 0.25) is 0 Å². The molecule has 0 aromatic heterocycles. The second-order valence-corrected chi connectivity index (χ2v) is 1.89. The van der Waals surface area contributed by atoms with Crippen molar-refractivity contribution in [1.82, 2.24) is 0 Å². The maximum absolute atomic E-state index is 9.04. The maximum Gasteiger partial charge on any atom is 0.114 e. The lowest BCUT2D eigenvalue weighted by atomic mass is 10.00. The smallest absolute Gasteiger partial charge is 0.114 e. The third kappa shape index (κ3) is 0.763. The van der Waals surface area contributed by atoms with Crippen LogP contribution in [0, 0.1) is 6.42 Å². The minimum absolute atomic E-state index is 0.476. The van der Waals surface area contributed by atoms with Crippen LogP contribution in [0.15, 0.2) is 0 Å². The topological polar surface area (TPSA) is 29.5 Å². The number of aliphatic hydroxyl groups is 1. The van der Waals surface area contributed by atoms with Crippen LogP contribution in [0.5, 0.6) is 0 Å². The summed E-state index contributed by atoms with van der Waals surface area (Å²) in [4.78, 5) is 0. The Balaban J connectivity index is 2.29. The van der Waals surface area contributed by atoms with Crippen molar-refractivity contribution in [3.63, 3.8) is 0 Å². The SMILES string of the molecule is C[CH]C1(O)COC1. The second kappa shape index (κ2) is 1.46. The highest BCUT2D eigenvalue weighted by atomic mass is 16.5. The second-order valence-electron chi connectivity index (χ2n) is 1.89. The van der Waals surface area contributed by atoms with Crippen molar-refractivity contribution in [3.8, 4) is 0 Å². The Morgan fingerprint density at radius 1 is 1.71 bits per heavy atom. The van der Waals surface area contributed by atoms with Gasteiger partial charge in [-0.05, 0) is 6.42 Å². The van der Waals surface area contributed by atoms with E-state index in [1.165, 1.54) is 0 Å². The highest BCUT2D eigenvalue weighted by Gasteiger charge is 2.33. The zero-order valence-electron chi connectivity index (χ0n) is 4.35. The molecule has 1 aliphatic heterocycles. The Bertz CT molecular complexity index is 61.0. The van der Waals surface area contributed by atoms with Crippen molar-refractivity contribution in [2.24, 2.45) is 0 Å². The molecule has 0 spiro atoms. The van der Waals surface area contributed by atoms with Gasteiger partial charge in [0.15, 0.2) is 0 Å². The van der Waals surface area contributed by atoms with Crippen molar-refractivity contribution in [2.75, 3.05) is 13.2 Å². The van der Waals surface area contributed by atoms with Gasteiger partial charge in [-0.3, -0.25) is 0 Å². The van der Waals surface area contributed by atoms with Crippen molar-refractivity contribution >= 4 is 0 Å². The van der Waals surface area contributed by atoms with E-state index in [0.29, 0.717) is 13.2 Å². The molecule has 0 aliphatic carbocycles. The average molecular weight is 101 g/mol. The van der Waals surface area contributed by atoms with E-state index in [9.17, 15) is 0 Å². The van der Waals surface area contributed by atoms with Crippen LogP contribution in [0.25, 0.3) is 0 Å². The molecule has 1 fully saturated rings. The molecule has 7 heavy (non-hydrogen) atoms. The first-order valence-corrected chi connectivity index (χ1v) is 2.37. The molecule has 1 radical (unpaired) electrons. The minimum Gasteiger partial charge on any atom is -0.385 e. The molecule has 0 unspecified atom stereocenters. The first-order chi connectivity index (χ1) is 3.27. The summed E-state index contributed by atoms with van der Waals surface area (Å²) in [6, 6.07) is 0. The number of rotatable bonds is 1. The molecule has 0 atom stereocenters. The fourth-order valence-corrected chi connectivity index (χ4v) is 0.478. The third-order valence-electron chi connectivity index (χ3n) is 1.24. The molecule has 1 rings (SSSR count). The van der Waals surface area contributed by atoms with Crippen LogP contribution in [-0.4, -0.2) is 23.9 Å². The van der Waals surface area contributed by atoms with Crippen LogP contribution in [-0.2, 0) is 4.74 Å². The van der Waals surface area contributed by atoms with Gasteiger partial charge in [0.05, 0.1) is 13.2 Å². The van der Waals surface area contributed by atoms with Gasteiger partial charge in [0.2, 0.25) is 0 Å². The Morgan fingerprint density at radius 3 is 2.29 bits per heavy atom. The van der Waals surface area contributed by atoms with E-state index in [4.69, 9.17) is 9.84 Å². The Hall–Kier alpha value is -0.0800. The van der Waals surface area contributed by atoms with Gasteiger partial charge in [0, 0.05) is 0 Å². The molecular weight excluding hydrogens is 92.1 g/mol. The molecule has 1 aliphatic rings. The van der Waals surface area contributed by atoms with Crippen LogP contribution < -0.4 is 0 Å². The van der Waals surface area contributed by atoms with Crippen molar-refractivity contribution < 1.29 is 9.84 Å². The fourth-order valence-electron chi connectivity index (χ4n) is 0.478. The summed E-state index contributed by atoms with van der Waals surface area (Å²) in [5.74, 6) is 0. The molecule has 2 heteroatoms. The Morgan fingerprint density at radius 2 is 2.29 bits per heavy atom.